The van der Waals surface area contributed by atoms with Crippen molar-refractivity contribution < 1.29 is 4.79 Å². The highest BCUT2D eigenvalue weighted by atomic mass is 16.2. The molecule has 25 heavy (non-hydrogen) atoms. The van der Waals surface area contributed by atoms with E-state index >= 15 is 0 Å². The van der Waals surface area contributed by atoms with Crippen LogP contribution in [0.1, 0.15) is 27.9 Å². The molecule has 1 N–H and O–H groups in total. The van der Waals surface area contributed by atoms with E-state index < -0.39 is 0 Å². The van der Waals surface area contributed by atoms with Crippen molar-refractivity contribution in [3.63, 3.8) is 0 Å². The highest BCUT2D eigenvalue weighted by Gasteiger charge is 2.46. The second kappa shape index (κ2) is 5.60. The first-order valence-electron chi connectivity index (χ1n) is 9.14. The Bertz CT molecular complexity index is 775. The molecule has 2 aromatic rings. The third-order valence-electron chi connectivity index (χ3n) is 5.99. The minimum atomic E-state index is 0.175. The number of nitrogens with one attached hydrogen (secondary N) is 1. The number of nitrogens with zero attached hydrogens (tertiary/aromatic N) is 2. The lowest BCUT2D eigenvalue weighted by Crippen LogP contribution is -2.59. The van der Waals surface area contributed by atoms with Crippen LogP contribution in [0.3, 0.4) is 0 Å². The minimum Gasteiger partial charge on any atom is -0.363 e. The maximum atomic E-state index is 12.7. The van der Waals surface area contributed by atoms with Gasteiger partial charge in [0, 0.05) is 49.4 Å². The van der Waals surface area contributed by atoms with E-state index in [9.17, 15) is 4.79 Å². The zero-order chi connectivity index (χ0) is 16.9. The number of hydrogen-bond donors (Lipinski definition) is 1. The molecule has 2 fully saturated rings. The predicted molar refractivity (Wildman–Crippen MR) is 98.6 cm³/mol. The van der Waals surface area contributed by atoms with Gasteiger partial charge < -0.3 is 15.1 Å². The highest BCUT2D eigenvalue weighted by molar-refractivity contribution is 5.95. The fourth-order valence-corrected chi connectivity index (χ4v) is 4.49. The van der Waals surface area contributed by atoms with Gasteiger partial charge in [-0.1, -0.05) is 24.3 Å². The fraction of sp³-hybridized carbons (Fsp3) is 0.381. The van der Waals surface area contributed by atoms with Gasteiger partial charge in [-0.2, -0.15) is 0 Å². The van der Waals surface area contributed by atoms with E-state index in [1.54, 1.807) is 0 Å². The maximum Gasteiger partial charge on any atom is 0.253 e. The first kappa shape index (κ1) is 15.0. The lowest BCUT2D eigenvalue weighted by molar-refractivity contribution is 0.0159. The van der Waals surface area contributed by atoms with Gasteiger partial charge in [0.15, 0.2) is 0 Å². The zero-order valence-electron chi connectivity index (χ0n) is 14.4. The first-order chi connectivity index (χ1) is 12.2. The lowest BCUT2D eigenvalue weighted by atomic mass is 9.79. The molecule has 0 aromatic heterocycles. The van der Waals surface area contributed by atoms with E-state index in [0.29, 0.717) is 5.41 Å². The van der Waals surface area contributed by atoms with Crippen LogP contribution in [0.15, 0.2) is 48.5 Å². The van der Waals surface area contributed by atoms with Gasteiger partial charge in [-0.05, 0) is 48.4 Å². The van der Waals surface area contributed by atoms with Crippen molar-refractivity contribution in [1.29, 1.82) is 0 Å². The fourth-order valence-electron chi connectivity index (χ4n) is 4.49. The molecule has 0 atom stereocenters. The molecule has 1 spiro atoms. The normalized spacial score (nSPS) is 20.6. The summed E-state index contributed by atoms with van der Waals surface area (Å²) in [6, 6.07) is 16.7. The lowest BCUT2D eigenvalue weighted by Gasteiger charge is -2.47. The van der Waals surface area contributed by atoms with Gasteiger partial charge >= 0.3 is 0 Å². The SMILES string of the molecule is O=C(c1ccc(N2Cc3ccccc3C2)cc1)N1CC2(CCNC2)C1. The molecule has 3 aliphatic rings. The summed E-state index contributed by atoms with van der Waals surface area (Å²) in [4.78, 5) is 17.0. The maximum absolute atomic E-state index is 12.7. The number of likely N-dealkylation sites (tertiary alicyclic amines) is 1. The van der Waals surface area contributed by atoms with E-state index in [2.05, 4.69) is 46.6 Å². The minimum absolute atomic E-state index is 0.175. The Morgan fingerprint density at radius 2 is 1.64 bits per heavy atom. The molecule has 2 saturated heterocycles. The van der Waals surface area contributed by atoms with E-state index in [-0.39, 0.29) is 5.91 Å². The number of anilines is 1. The second-order valence-electron chi connectivity index (χ2n) is 7.76. The summed E-state index contributed by atoms with van der Waals surface area (Å²) in [6.45, 7) is 5.86. The molecule has 0 saturated carbocycles. The first-order valence-corrected chi connectivity index (χ1v) is 9.14. The molecule has 128 valence electrons. The Kier molecular flexibility index (Phi) is 3.35. The number of hydrogen-bond acceptors (Lipinski definition) is 3. The summed E-state index contributed by atoms with van der Waals surface area (Å²) < 4.78 is 0. The third kappa shape index (κ3) is 2.52. The Morgan fingerprint density at radius 3 is 2.24 bits per heavy atom. The summed E-state index contributed by atoms with van der Waals surface area (Å²) >= 11 is 0. The van der Waals surface area contributed by atoms with Gasteiger partial charge in [0.05, 0.1) is 0 Å². The Labute approximate surface area is 148 Å². The number of fused-ring (bicyclic) bond motifs is 1. The zero-order valence-corrected chi connectivity index (χ0v) is 14.4. The topological polar surface area (TPSA) is 35.6 Å². The van der Waals surface area contributed by atoms with Gasteiger partial charge in [0.2, 0.25) is 0 Å². The van der Waals surface area contributed by atoms with Crippen molar-refractivity contribution in [3.05, 3.63) is 65.2 Å². The molecule has 3 aliphatic heterocycles. The van der Waals surface area contributed by atoms with Gasteiger partial charge in [-0.3, -0.25) is 4.79 Å². The number of benzene rings is 2. The Hall–Kier alpha value is -2.33. The highest BCUT2D eigenvalue weighted by Crippen LogP contribution is 2.37. The van der Waals surface area contributed by atoms with E-state index in [0.717, 1.165) is 44.8 Å². The molecule has 0 aliphatic carbocycles. The van der Waals surface area contributed by atoms with Crippen LogP contribution < -0.4 is 10.2 Å². The van der Waals surface area contributed by atoms with Crippen molar-refractivity contribution in [1.82, 2.24) is 10.2 Å². The van der Waals surface area contributed by atoms with Crippen molar-refractivity contribution in [2.45, 2.75) is 19.5 Å². The molecule has 1 amide bonds. The second-order valence-corrected chi connectivity index (χ2v) is 7.76. The summed E-state index contributed by atoms with van der Waals surface area (Å²) in [5, 5.41) is 3.42. The quantitative estimate of drug-likeness (QED) is 0.918. The number of carbonyl (C=O) groups excluding carboxylic acids is 1. The van der Waals surface area contributed by atoms with Gasteiger partial charge in [0.1, 0.15) is 0 Å². The summed E-state index contributed by atoms with van der Waals surface area (Å²) in [6.07, 6.45) is 1.20. The predicted octanol–water partition coefficient (Wildman–Crippen LogP) is 2.64. The van der Waals surface area contributed by atoms with Crippen LogP contribution in [0.4, 0.5) is 5.69 Å². The molecule has 5 rings (SSSR count). The van der Waals surface area contributed by atoms with Crippen molar-refractivity contribution in [2.24, 2.45) is 5.41 Å². The molecule has 0 radical (unpaired) electrons. The standard InChI is InChI=1S/C21H23N3O/c25-20(24-14-21(15-24)9-10-22-13-21)16-5-7-19(8-6-16)23-11-17-3-1-2-4-18(17)12-23/h1-8,22H,9-15H2. The van der Waals surface area contributed by atoms with Crippen LogP contribution in [0, 0.1) is 5.41 Å². The summed E-state index contributed by atoms with van der Waals surface area (Å²) in [5.74, 6) is 0.175. The van der Waals surface area contributed by atoms with Crippen LogP contribution in [-0.2, 0) is 13.1 Å². The van der Waals surface area contributed by atoms with Crippen molar-refractivity contribution in [2.75, 3.05) is 31.1 Å². The third-order valence-corrected chi connectivity index (χ3v) is 5.99. The molecular formula is C21H23N3O. The van der Waals surface area contributed by atoms with E-state index in [4.69, 9.17) is 0 Å². The molecule has 0 bridgehead atoms. The van der Waals surface area contributed by atoms with Crippen LogP contribution >= 0.6 is 0 Å². The van der Waals surface area contributed by atoms with E-state index in [1.165, 1.54) is 23.2 Å². The summed E-state index contributed by atoms with van der Waals surface area (Å²) in [5.41, 5.74) is 5.16. The Balaban J connectivity index is 1.26. The van der Waals surface area contributed by atoms with Crippen molar-refractivity contribution >= 4 is 11.6 Å². The average molecular weight is 333 g/mol. The van der Waals surface area contributed by atoms with Crippen LogP contribution in [0.5, 0.6) is 0 Å². The monoisotopic (exact) mass is 333 g/mol. The van der Waals surface area contributed by atoms with Crippen molar-refractivity contribution in [3.8, 4) is 0 Å². The molecule has 4 nitrogen and oxygen atoms in total. The van der Waals surface area contributed by atoms with Crippen LogP contribution in [0.2, 0.25) is 0 Å². The molecular weight excluding hydrogens is 310 g/mol. The van der Waals surface area contributed by atoms with E-state index in [1.807, 2.05) is 17.0 Å². The number of amides is 1. The molecule has 2 aromatic carbocycles. The van der Waals surface area contributed by atoms with Crippen LogP contribution in [0.25, 0.3) is 0 Å². The largest absolute Gasteiger partial charge is 0.363 e. The summed E-state index contributed by atoms with van der Waals surface area (Å²) in [7, 11) is 0. The van der Waals surface area contributed by atoms with Gasteiger partial charge in [-0.15, -0.1) is 0 Å². The smallest absolute Gasteiger partial charge is 0.253 e. The number of carbonyl (C=O) groups is 1. The van der Waals surface area contributed by atoms with Gasteiger partial charge in [-0.25, -0.2) is 0 Å². The molecule has 3 heterocycles. The number of rotatable bonds is 2. The average Bonchev–Trinajstić information content (AvgIpc) is 3.27. The van der Waals surface area contributed by atoms with Crippen LogP contribution in [-0.4, -0.2) is 37.0 Å². The molecule has 4 heteroatoms. The van der Waals surface area contributed by atoms with Gasteiger partial charge in [0.25, 0.3) is 5.91 Å². The Morgan fingerprint density at radius 1 is 0.960 bits per heavy atom. The molecule has 0 unspecified atom stereocenters.